The summed E-state index contributed by atoms with van der Waals surface area (Å²) in [5.41, 5.74) is 1.58. The number of hydrogen-bond acceptors (Lipinski definition) is 4. The Morgan fingerprint density at radius 3 is 2.62 bits per heavy atom. The molecule has 1 aromatic carbocycles. The lowest BCUT2D eigenvalue weighted by Gasteiger charge is -2.29. The minimum Gasteiger partial charge on any atom is -0.444 e. The van der Waals surface area contributed by atoms with E-state index < -0.39 is 10.0 Å². The van der Waals surface area contributed by atoms with Crippen LogP contribution in [0.3, 0.4) is 0 Å². The molecule has 2 aromatic rings. The maximum atomic E-state index is 12.7. The van der Waals surface area contributed by atoms with Gasteiger partial charge >= 0.3 is 0 Å². The number of amides is 1. The molecule has 0 bridgehead atoms. The Balaban J connectivity index is 1.99. The van der Waals surface area contributed by atoms with Crippen LogP contribution in [0.25, 0.3) is 0 Å². The van der Waals surface area contributed by atoms with Crippen LogP contribution in [0.4, 0.5) is 5.69 Å². The van der Waals surface area contributed by atoms with Crippen LogP contribution < -0.4 is 4.90 Å². The average molecular weight is 413 g/mol. The van der Waals surface area contributed by atoms with E-state index >= 15 is 0 Å². The average Bonchev–Trinajstić information content (AvgIpc) is 2.99. The molecule has 0 saturated heterocycles. The van der Waals surface area contributed by atoms with Crippen molar-refractivity contribution in [1.82, 2.24) is 4.31 Å². The number of carbonyl (C=O) groups is 1. The molecule has 0 fully saturated rings. The first-order chi connectivity index (χ1) is 11.3. The molecule has 24 heavy (non-hydrogen) atoms. The molecular formula is C16H17BrN2O4S. The number of carbonyl (C=O) groups excluding carboxylic acids is 1. The fourth-order valence-electron chi connectivity index (χ4n) is 2.72. The lowest BCUT2D eigenvalue weighted by atomic mass is 10.0. The molecule has 1 amide bonds. The Morgan fingerprint density at radius 2 is 2.00 bits per heavy atom. The van der Waals surface area contributed by atoms with Crippen molar-refractivity contribution in [2.45, 2.75) is 17.7 Å². The molecule has 1 aliphatic rings. The Labute approximate surface area is 149 Å². The van der Waals surface area contributed by atoms with E-state index in [1.165, 1.54) is 24.5 Å². The number of hydrogen-bond donors (Lipinski definition) is 0. The van der Waals surface area contributed by atoms with E-state index in [4.69, 9.17) is 4.42 Å². The first kappa shape index (κ1) is 17.2. The van der Waals surface area contributed by atoms with Crippen LogP contribution in [0.15, 0.2) is 44.3 Å². The van der Waals surface area contributed by atoms with Gasteiger partial charge in [-0.3, -0.25) is 4.79 Å². The van der Waals surface area contributed by atoms with E-state index in [1.807, 2.05) is 0 Å². The summed E-state index contributed by atoms with van der Waals surface area (Å²) in [6.45, 7) is 0.573. The standard InChI is InChI=1S/C16H17BrN2O4S/c1-18(2)24(21,22)12-5-6-13-11(10-12)4-3-9-19(13)16(20)14-7-8-15(17)23-14/h5-8,10H,3-4,9H2,1-2H3. The molecule has 1 aliphatic heterocycles. The summed E-state index contributed by atoms with van der Waals surface area (Å²) in [6.07, 6.45) is 1.50. The molecule has 0 saturated carbocycles. The Kier molecular flexibility index (Phi) is 4.54. The van der Waals surface area contributed by atoms with Gasteiger partial charge in [0.25, 0.3) is 5.91 Å². The summed E-state index contributed by atoms with van der Waals surface area (Å²) in [6, 6.07) is 8.18. The Bertz CT molecular complexity index is 889. The van der Waals surface area contributed by atoms with Gasteiger partial charge in [-0.1, -0.05) is 0 Å². The predicted octanol–water partition coefficient (Wildman–Crippen LogP) is 2.89. The molecule has 0 N–H and O–H groups in total. The first-order valence-corrected chi connectivity index (χ1v) is 9.66. The SMILES string of the molecule is CN(C)S(=O)(=O)c1ccc2c(c1)CCCN2C(=O)c1ccc(Br)o1. The normalized spacial score (nSPS) is 14.8. The zero-order valence-corrected chi connectivity index (χ0v) is 15.7. The van der Waals surface area contributed by atoms with Crippen molar-refractivity contribution in [2.24, 2.45) is 0 Å². The fraction of sp³-hybridized carbons (Fsp3) is 0.312. The minimum atomic E-state index is -3.49. The lowest BCUT2D eigenvalue weighted by Crippen LogP contribution is -2.35. The van der Waals surface area contributed by atoms with Crippen LogP contribution in [-0.4, -0.2) is 39.3 Å². The molecule has 3 rings (SSSR count). The third-order valence-electron chi connectivity index (χ3n) is 3.98. The molecular weight excluding hydrogens is 396 g/mol. The highest BCUT2D eigenvalue weighted by Gasteiger charge is 2.27. The van der Waals surface area contributed by atoms with E-state index in [9.17, 15) is 13.2 Å². The molecule has 8 heteroatoms. The molecule has 0 radical (unpaired) electrons. The van der Waals surface area contributed by atoms with Crippen molar-refractivity contribution < 1.29 is 17.6 Å². The summed E-state index contributed by atoms with van der Waals surface area (Å²) >= 11 is 3.19. The summed E-state index contributed by atoms with van der Waals surface area (Å²) in [7, 11) is -0.493. The van der Waals surface area contributed by atoms with Gasteiger partial charge in [0.05, 0.1) is 4.90 Å². The second kappa shape index (κ2) is 6.34. The van der Waals surface area contributed by atoms with Crippen molar-refractivity contribution in [1.29, 1.82) is 0 Å². The highest BCUT2D eigenvalue weighted by Crippen LogP contribution is 2.31. The van der Waals surface area contributed by atoms with E-state index in [0.717, 1.165) is 24.1 Å². The first-order valence-electron chi connectivity index (χ1n) is 7.43. The van der Waals surface area contributed by atoms with Gasteiger partial charge in [0.2, 0.25) is 10.0 Å². The van der Waals surface area contributed by atoms with Gasteiger partial charge in [-0.25, -0.2) is 12.7 Å². The monoisotopic (exact) mass is 412 g/mol. The second-order valence-electron chi connectivity index (χ2n) is 5.74. The van der Waals surface area contributed by atoms with Gasteiger partial charge in [0, 0.05) is 26.3 Å². The van der Waals surface area contributed by atoms with E-state index in [-0.39, 0.29) is 16.6 Å². The maximum absolute atomic E-state index is 12.7. The van der Waals surface area contributed by atoms with E-state index in [1.54, 1.807) is 29.2 Å². The maximum Gasteiger partial charge on any atom is 0.294 e. The second-order valence-corrected chi connectivity index (χ2v) is 8.68. The highest BCUT2D eigenvalue weighted by atomic mass is 79.9. The van der Waals surface area contributed by atoms with Gasteiger partial charge in [-0.05, 0) is 64.7 Å². The fourth-order valence-corrected chi connectivity index (χ4v) is 3.98. The molecule has 0 atom stereocenters. The van der Waals surface area contributed by atoms with Crippen molar-refractivity contribution in [2.75, 3.05) is 25.5 Å². The number of aryl methyl sites for hydroxylation is 1. The molecule has 6 nitrogen and oxygen atoms in total. The molecule has 0 aliphatic carbocycles. The van der Waals surface area contributed by atoms with Crippen LogP contribution in [0, 0.1) is 0 Å². The highest BCUT2D eigenvalue weighted by molar-refractivity contribution is 9.10. The van der Waals surface area contributed by atoms with Crippen LogP contribution in [0.2, 0.25) is 0 Å². The lowest BCUT2D eigenvalue weighted by molar-refractivity contribution is 0.0957. The third-order valence-corrected chi connectivity index (χ3v) is 6.21. The predicted molar refractivity (Wildman–Crippen MR) is 93.7 cm³/mol. The number of benzene rings is 1. The molecule has 2 heterocycles. The number of sulfonamides is 1. The van der Waals surface area contributed by atoms with Gasteiger partial charge in [-0.15, -0.1) is 0 Å². The van der Waals surface area contributed by atoms with Crippen molar-refractivity contribution in [3.8, 4) is 0 Å². The minimum absolute atomic E-state index is 0.232. The van der Waals surface area contributed by atoms with E-state index in [0.29, 0.717) is 11.2 Å². The largest absolute Gasteiger partial charge is 0.444 e. The number of rotatable bonds is 3. The zero-order chi connectivity index (χ0) is 17.5. The topological polar surface area (TPSA) is 70.8 Å². The summed E-state index contributed by atoms with van der Waals surface area (Å²) in [5, 5.41) is 0. The number of anilines is 1. The molecule has 0 spiro atoms. The quantitative estimate of drug-likeness (QED) is 0.776. The van der Waals surface area contributed by atoms with Crippen LogP contribution in [0.5, 0.6) is 0 Å². The zero-order valence-electron chi connectivity index (χ0n) is 13.3. The molecule has 1 aromatic heterocycles. The molecule has 0 unspecified atom stereocenters. The van der Waals surface area contributed by atoms with Crippen molar-refractivity contribution in [3.05, 3.63) is 46.3 Å². The van der Waals surface area contributed by atoms with Crippen LogP contribution in [-0.2, 0) is 16.4 Å². The smallest absolute Gasteiger partial charge is 0.294 e. The van der Waals surface area contributed by atoms with Crippen LogP contribution in [0.1, 0.15) is 22.5 Å². The van der Waals surface area contributed by atoms with Crippen LogP contribution >= 0.6 is 15.9 Å². The Morgan fingerprint density at radius 1 is 1.25 bits per heavy atom. The Hall–Kier alpha value is -1.64. The van der Waals surface area contributed by atoms with Crippen molar-refractivity contribution in [3.63, 3.8) is 0 Å². The van der Waals surface area contributed by atoms with Crippen molar-refractivity contribution >= 4 is 37.5 Å². The number of fused-ring (bicyclic) bond motifs is 1. The van der Waals surface area contributed by atoms with Gasteiger partial charge < -0.3 is 9.32 Å². The van der Waals surface area contributed by atoms with E-state index in [2.05, 4.69) is 15.9 Å². The van der Waals surface area contributed by atoms with Gasteiger partial charge in [0.1, 0.15) is 0 Å². The summed E-state index contributed by atoms with van der Waals surface area (Å²) in [5.74, 6) is 0.0181. The number of furan rings is 1. The van der Waals surface area contributed by atoms with Gasteiger partial charge in [0.15, 0.2) is 10.4 Å². The number of nitrogens with zero attached hydrogens (tertiary/aromatic N) is 2. The number of halogens is 1. The summed E-state index contributed by atoms with van der Waals surface area (Å²) < 4.78 is 31.6. The van der Waals surface area contributed by atoms with Gasteiger partial charge in [-0.2, -0.15) is 0 Å². The molecule has 128 valence electrons. The summed E-state index contributed by atoms with van der Waals surface area (Å²) in [4.78, 5) is 14.5. The third kappa shape index (κ3) is 3.01.